The summed E-state index contributed by atoms with van der Waals surface area (Å²) in [6, 6.07) is 0.623. The van der Waals surface area contributed by atoms with Gasteiger partial charge in [-0.25, -0.2) is 0 Å². The van der Waals surface area contributed by atoms with Gasteiger partial charge in [-0.3, -0.25) is 9.69 Å². The molecule has 0 spiro atoms. The van der Waals surface area contributed by atoms with Crippen LogP contribution in [0.4, 0.5) is 0 Å². The molecule has 4 heteroatoms. The Morgan fingerprint density at radius 1 is 1.39 bits per heavy atom. The van der Waals surface area contributed by atoms with Crippen molar-refractivity contribution in [2.75, 3.05) is 26.7 Å². The van der Waals surface area contributed by atoms with Gasteiger partial charge in [0.2, 0.25) is 0 Å². The van der Waals surface area contributed by atoms with Crippen molar-refractivity contribution in [1.29, 1.82) is 0 Å². The zero-order chi connectivity index (χ0) is 13.8. The van der Waals surface area contributed by atoms with Gasteiger partial charge in [-0.1, -0.05) is 6.42 Å². The first-order chi connectivity index (χ1) is 8.30. The largest absolute Gasteiger partial charge is 0.480 e. The molecule has 0 aromatic heterocycles. The fraction of sp³-hybridized carbons (Fsp3) is 0.929. The summed E-state index contributed by atoms with van der Waals surface area (Å²) in [6.45, 7) is 8.44. The Morgan fingerprint density at radius 2 is 2.06 bits per heavy atom. The predicted molar refractivity (Wildman–Crippen MR) is 73.8 cm³/mol. The van der Waals surface area contributed by atoms with E-state index in [9.17, 15) is 4.79 Å². The smallest absolute Gasteiger partial charge is 0.317 e. The minimum absolute atomic E-state index is 0.0777. The highest BCUT2D eigenvalue weighted by atomic mass is 16.4. The third kappa shape index (κ3) is 4.94. The molecule has 1 aliphatic rings. The van der Waals surface area contributed by atoms with Crippen LogP contribution < -0.4 is 0 Å². The van der Waals surface area contributed by atoms with Crippen molar-refractivity contribution in [3.8, 4) is 0 Å². The van der Waals surface area contributed by atoms with E-state index in [0.717, 1.165) is 13.0 Å². The molecule has 0 aliphatic carbocycles. The van der Waals surface area contributed by atoms with E-state index < -0.39 is 5.97 Å². The van der Waals surface area contributed by atoms with Gasteiger partial charge in [0, 0.05) is 18.1 Å². The average Bonchev–Trinajstić information content (AvgIpc) is 2.24. The summed E-state index contributed by atoms with van der Waals surface area (Å²) in [5, 5.41) is 8.98. The summed E-state index contributed by atoms with van der Waals surface area (Å²) in [5.41, 5.74) is -0.0777. The number of carboxylic acid groups (broad SMARTS) is 1. The summed E-state index contributed by atoms with van der Waals surface area (Å²) in [4.78, 5) is 15.4. The highest BCUT2D eigenvalue weighted by Gasteiger charge is 2.26. The Labute approximate surface area is 111 Å². The molecular formula is C14H28N2O2. The highest BCUT2D eigenvalue weighted by Crippen LogP contribution is 2.20. The topological polar surface area (TPSA) is 43.8 Å². The standard InChI is InChI=1S/C14H28N2O2/c1-14(2,3)16(11-13(17)18)10-8-12-7-5-6-9-15(12)4/h12H,5-11H2,1-4H3,(H,17,18). The fourth-order valence-corrected chi connectivity index (χ4v) is 2.63. The number of rotatable bonds is 5. The minimum atomic E-state index is -0.734. The number of hydrogen-bond donors (Lipinski definition) is 1. The maximum Gasteiger partial charge on any atom is 0.317 e. The molecular weight excluding hydrogens is 228 g/mol. The molecule has 0 aromatic carbocycles. The van der Waals surface area contributed by atoms with E-state index in [-0.39, 0.29) is 12.1 Å². The molecule has 18 heavy (non-hydrogen) atoms. The van der Waals surface area contributed by atoms with Gasteiger partial charge in [-0.05, 0) is 53.6 Å². The van der Waals surface area contributed by atoms with E-state index >= 15 is 0 Å². The molecule has 0 amide bonds. The average molecular weight is 256 g/mol. The van der Waals surface area contributed by atoms with E-state index in [4.69, 9.17) is 5.11 Å². The van der Waals surface area contributed by atoms with E-state index in [1.165, 1.54) is 25.8 Å². The SMILES string of the molecule is CN1CCCCC1CCN(CC(=O)O)C(C)(C)C. The zero-order valence-electron chi connectivity index (χ0n) is 12.3. The lowest BCUT2D eigenvalue weighted by molar-refractivity contribution is -0.139. The van der Waals surface area contributed by atoms with Crippen LogP contribution in [0.15, 0.2) is 0 Å². The molecule has 4 nitrogen and oxygen atoms in total. The van der Waals surface area contributed by atoms with Crippen LogP contribution in [-0.2, 0) is 4.79 Å². The molecule has 106 valence electrons. The summed E-state index contributed by atoms with van der Waals surface area (Å²) in [6.07, 6.45) is 4.93. The second-order valence-corrected chi connectivity index (χ2v) is 6.41. The summed E-state index contributed by atoms with van der Waals surface area (Å²) in [5.74, 6) is -0.734. The molecule has 1 N–H and O–H groups in total. The van der Waals surface area contributed by atoms with Crippen LogP contribution >= 0.6 is 0 Å². The van der Waals surface area contributed by atoms with Crippen LogP contribution in [0.5, 0.6) is 0 Å². The van der Waals surface area contributed by atoms with Crippen LogP contribution in [0.3, 0.4) is 0 Å². The van der Waals surface area contributed by atoms with Gasteiger partial charge >= 0.3 is 5.97 Å². The monoisotopic (exact) mass is 256 g/mol. The predicted octanol–water partition coefficient (Wildman–Crippen LogP) is 2.05. The molecule has 0 aromatic rings. The molecule has 0 bridgehead atoms. The van der Waals surface area contributed by atoms with Crippen molar-refractivity contribution in [2.24, 2.45) is 0 Å². The fourth-order valence-electron chi connectivity index (χ4n) is 2.63. The van der Waals surface area contributed by atoms with Gasteiger partial charge in [-0.15, -0.1) is 0 Å². The molecule has 1 fully saturated rings. The number of nitrogens with zero attached hydrogens (tertiary/aromatic N) is 2. The summed E-state index contributed by atoms with van der Waals surface area (Å²) >= 11 is 0. The van der Waals surface area contributed by atoms with Crippen molar-refractivity contribution in [3.63, 3.8) is 0 Å². The molecule has 1 saturated heterocycles. The molecule has 1 rings (SSSR count). The van der Waals surface area contributed by atoms with Crippen LogP contribution in [-0.4, -0.2) is 59.1 Å². The highest BCUT2D eigenvalue weighted by molar-refractivity contribution is 5.69. The van der Waals surface area contributed by atoms with E-state index in [1.807, 2.05) is 0 Å². The molecule has 1 aliphatic heterocycles. The minimum Gasteiger partial charge on any atom is -0.480 e. The molecule has 0 radical (unpaired) electrons. The lowest BCUT2D eigenvalue weighted by Crippen LogP contribution is -2.47. The van der Waals surface area contributed by atoms with Crippen molar-refractivity contribution in [1.82, 2.24) is 9.80 Å². The van der Waals surface area contributed by atoms with Crippen molar-refractivity contribution in [2.45, 2.75) is 58.0 Å². The summed E-state index contributed by atoms with van der Waals surface area (Å²) in [7, 11) is 2.18. The number of piperidine rings is 1. The molecule has 1 unspecified atom stereocenters. The van der Waals surface area contributed by atoms with Gasteiger partial charge in [-0.2, -0.15) is 0 Å². The third-order valence-electron chi connectivity index (χ3n) is 3.93. The van der Waals surface area contributed by atoms with Crippen LogP contribution in [0.25, 0.3) is 0 Å². The first-order valence-corrected chi connectivity index (χ1v) is 6.98. The number of carboxylic acids is 1. The van der Waals surface area contributed by atoms with Crippen LogP contribution in [0, 0.1) is 0 Å². The van der Waals surface area contributed by atoms with Gasteiger partial charge < -0.3 is 10.0 Å². The number of likely N-dealkylation sites (tertiary alicyclic amines) is 1. The van der Waals surface area contributed by atoms with Crippen molar-refractivity contribution >= 4 is 5.97 Å². The van der Waals surface area contributed by atoms with E-state index in [1.54, 1.807) is 0 Å². The number of hydrogen-bond acceptors (Lipinski definition) is 3. The van der Waals surface area contributed by atoms with Gasteiger partial charge in [0.15, 0.2) is 0 Å². The molecule has 1 atom stereocenters. The Kier molecular flexibility index (Phi) is 5.60. The van der Waals surface area contributed by atoms with Crippen LogP contribution in [0.1, 0.15) is 46.5 Å². The van der Waals surface area contributed by atoms with Crippen molar-refractivity contribution in [3.05, 3.63) is 0 Å². The molecule has 1 heterocycles. The van der Waals surface area contributed by atoms with Gasteiger partial charge in [0.25, 0.3) is 0 Å². The maximum absolute atomic E-state index is 10.9. The van der Waals surface area contributed by atoms with Gasteiger partial charge in [0.1, 0.15) is 0 Å². The zero-order valence-corrected chi connectivity index (χ0v) is 12.3. The van der Waals surface area contributed by atoms with Gasteiger partial charge in [0.05, 0.1) is 6.54 Å². The Morgan fingerprint density at radius 3 is 2.56 bits per heavy atom. The lowest BCUT2D eigenvalue weighted by Gasteiger charge is -2.38. The quantitative estimate of drug-likeness (QED) is 0.817. The lowest BCUT2D eigenvalue weighted by atomic mass is 9.98. The first-order valence-electron chi connectivity index (χ1n) is 6.98. The Hall–Kier alpha value is -0.610. The van der Waals surface area contributed by atoms with Crippen LogP contribution in [0.2, 0.25) is 0 Å². The number of aliphatic carboxylic acids is 1. The van der Waals surface area contributed by atoms with E-state index in [0.29, 0.717) is 6.04 Å². The Balaban J connectivity index is 2.48. The Bertz CT molecular complexity index is 273. The number of carbonyl (C=O) groups is 1. The second-order valence-electron chi connectivity index (χ2n) is 6.41. The first kappa shape index (κ1) is 15.4. The maximum atomic E-state index is 10.9. The normalized spacial score (nSPS) is 22.4. The van der Waals surface area contributed by atoms with E-state index in [2.05, 4.69) is 37.6 Å². The van der Waals surface area contributed by atoms with Crippen molar-refractivity contribution < 1.29 is 9.90 Å². The second kappa shape index (κ2) is 6.53. The third-order valence-corrected chi connectivity index (χ3v) is 3.93. The molecule has 0 saturated carbocycles. The summed E-state index contributed by atoms with van der Waals surface area (Å²) < 4.78 is 0.